The van der Waals surface area contributed by atoms with E-state index in [1.807, 2.05) is 12.1 Å². The Morgan fingerprint density at radius 2 is 1.85 bits per heavy atom. The van der Waals surface area contributed by atoms with Crippen LogP contribution in [0.3, 0.4) is 0 Å². The van der Waals surface area contributed by atoms with E-state index < -0.39 is 0 Å². The van der Waals surface area contributed by atoms with E-state index >= 15 is 0 Å². The Kier molecular flexibility index (Phi) is 4.66. The molecule has 2 radical (unpaired) electrons. The van der Waals surface area contributed by atoms with Crippen LogP contribution in [0.4, 0.5) is 0 Å². The SMILES string of the molecule is [B]c1ccccc1CCCCCC. The highest BCUT2D eigenvalue weighted by atomic mass is 14.0. The molecule has 0 fully saturated rings. The summed E-state index contributed by atoms with van der Waals surface area (Å²) in [7, 11) is 5.84. The van der Waals surface area contributed by atoms with E-state index in [0.717, 1.165) is 11.9 Å². The van der Waals surface area contributed by atoms with Gasteiger partial charge in [0, 0.05) is 0 Å². The minimum absolute atomic E-state index is 0.944. The highest BCUT2D eigenvalue weighted by Gasteiger charge is 1.95. The first-order valence-electron chi connectivity index (χ1n) is 5.18. The van der Waals surface area contributed by atoms with E-state index in [4.69, 9.17) is 7.85 Å². The molecule has 0 saturated carbocycles. The summed E-state index contributed by atoms with van der Waals surface area (Å²) in [6, 6.07) is 8.16. The largest absolute Gasteiger partial charge is 0.114 e. The van der Waals surface area contributed by atoms with E-state index in [1.54, 1.807) is 0 Å². The number of hydrogen-bond donors (Lipinski definition) is 0. The van der Waals surface area contributed by atoms with Gasteiger partial charge in [-0.15, -0.1) is 0 Å². The third-order valence-electron chi connectivity index (χ3n) is 2.35. The maximum Gasteiger partial charge on any atom is 0.114 e. The zero-order valence-corrected chi connectivity index (χ0v) is 8.42. The number of aryl methyl sites for hydroxylation is 1. The van der Waals surface area contributed by atoms with Gasteiger partial charge in [0.15, 0.2) is 0 Å². The summed E-state index contributed by atoms with van der Waals surface area (Å²) in [5.41, 5.74) is 2.25. The first-order valence-corrected chi connectivity index (χ1v) is 5.18. The molecule has 0 aromatic heterocycles. The van der Waals surface area contributed by atoms with Crippen LogP contribution < -0.4 is 5.46 Å². The Morgan fingerprint density at radius 1 is 1.08 bits per heavy atom. The molecule has 0 atom stereocenters. The van der Waals surface area contributed by atoms with Gasteiger partial charge >= 0.3 is 0 Å². The van der Waals surface area contributed by atoms with Crippen molar-refractivity contribution in [3.8, 4) is 0 Å². The molecule has 0 N–H and O–H groups in total. The average molecular weight is 172 g/mol. The molecule has 0 aliphatic rings. The second-order valence-corrected chi connectivity index (χ2v) is 3.51. The molecule has 0 amide bonds. The van der Waals surface area contributed by atoms with Crippen LogP contribution in [0.15, 0.2) is 24.3 Å². The first kappa shape index (κ1) is 10.4. The smallest absolute Gasteiger partial charge is 0.0935 e. The molecule has 0 nitrogen and oxygen atoms in total. The highest BCUT2D eigenvalue weighted by Crippen LogP contribution is 2.05. The van der Waals surface area contributed by atoms with Gasteiger partial charge in [-0.25, -0.2) is 0 Å². The van der Waals surface area contributed by atoms with Gasteiger partial charge in [-0.2, -0.15) is 0 Å². The zero-order valence-electron chi connectivity index (χ0n) is 8.42. The Bertz CT molecular complexity index is 243. The summed E-state index contributed by atoms with van der Waals surface area (Å²) in [6.45, 7) is 2.23. The molecule has 1 heteroatoms. The molecule has 1 rings (SSSR count). The van der Waals surface area contributed by atoms with E-state index in [9.17, 15) is 0 Å². The van der Waals surface area contributed by atoms with Crippen molar-refractivity contribution in [2.24, 2.45) is 0 Å². The van der Waals surface area contributed by atoms with Crippen molar-refractivity contribution < 1.29 is 0 Å². The minimum Gasteiger partial charge on any atom is -0.0935 e. The van der Waals surface area contributed by atoms with E-state index in [1.165, 1.54) is 31.2 Å². The number of benzene rings is 1. The molecule has 0 spiro atoms. The van der Waals surface area contributed by atoms with Gasteiger partial charge in [-0.3, -0.25) is 0 Å². The lowest BCUT2D eigenvalue weighted by molar-refractivity contribution is 0.668. The predicted molar refractivity (Wildman–Crippen MR) is 59.7 cm³/mol. The van der Waals surface area contributed by atoms with Crippen LogP contribution in [0.2, 0.25) is 0 Å². The summed E-state index contributed by atoms with van der Waals surface area (Å²) >= 11 is 0. The maximum atomic E-state index is 5.84. The monoisotopic (exact) mass is 172 g/mol. The number of rotatable bonds is 5. The number of unbranched alkanes of at least 4 members (excludes halogenated alkanes) is 3. The van der Waals surface area contributed by atoms with Gasteiger partial charge in [0.25, 0.3) is 0 Å². The Balaban J connectivity index is 2.32. The lowest BCUT2D eigenvalue weighted by atomic mass is 9.88. The third kappa shape index (κ3) is 3.67. The van der Waals surface area contributed by atoms with Gasteiger partial charge in [0.1, 0.15) is 7.85 Å². The Morgan fingerprint density at radius 3 is 2.54 bits per heavy atom. The Hall–Kier alpha value is -0.715. The second kappa shape index (κ2) is 5.85. The fourth-order valence-corrected chi connectivity index (χ4v) is 1.50. The van der Waals surface area contributed by atoms with Crippen LogP contribution in [0.5, 0.6) is 0 Å². The molecule has 1 aromatic carbocycles. The molecule has 1 aromatic rings. The molecule has 0 aliphatic carbocycles. The minimum atomic E-state index is 0.944. The molecule has 13 heavy (non-hydrogen) atoms. The van der Waals surface area contributed by atoms with Gasteiger partial charge in [0.05, 0.1) is 0 Å². The van der Waals surface area contributed by atoms with Gasteiger partial charge in [-0.05, 0) is 12.8 Å². The summed E-state index contributed by atoms with van der Waals surface area (Å²) in [4.78, 5) is 0. The van der Waals surface area contributed by atoms with Crippen LogP contribution in [0.25, 0.3) is 0 Å². The number of hydrogen-bond acceptors (Lipinski definition) is 0. The van der Waals surface area contributed by atoms with Crippen LogP contribution in [-0.4, -0.2) is 7.85 Å². The van der Waals surface area contributed by atoms with Crippen molar-refractivity contribution in [1.29, 1.82) is 0 Å². The fraction of sp³-hybridized carbons (Fsp3) is 0.500. The van der Waals surface area contributed by atoms with Crippen LogP contribution in [-0.2, 0) is 6.42 Å². The molecule has 68 valence electrons. The lowest BCUT2D eigenvalue weighted by Gasteiger charge is -2.04. The lowest BCUT2D eigenvalue weighted by Crippen LogP contribution is -2.09. The molecular weight excluding hydrogens is 155 g/mol. The second-order valence-electron chi connectivity index (χ2n) is 3.51. The summed E-state index contributed by atoms with van der Waals surface area (Å²) < 4.78 is 0. The van der Waals surface area contributed by atoms with Crippen LogP contribution in [0, 0.1) is 0 Å². The normalized spacial score (nSPS) is 10.2. The summed E-state index contributed by atoms with van der Waals surface area (Å²) in [5, 5.41) is 0. The van der Waals surface area contributed by atoms with Crippen molar-refractivity contribution in [2.75, 3.05) is 0 Å². The highest BCUT2D eigenvalue weighted by molar-refractivity contribution is 6.33. The van der Waals surface area contributed by atoms with Gasteiger partial charge < -0.3 is 0 Å². The van der Waals surface area contributed by atoms with E-state index in [2.05, 4.69) is 19.1 Å². The first-order chi connectivity index (χ1) is 6.34. The van der Waals surface area contributed by atoms with Crippen LogP contribution >= 0.6 is 0 Å². The summed E-state index contributed by atoms with van der Waals surface area (Å²) in [6.07, 6.45) is 6.36. The fourth-order valence-electron chi connectivity index (χ4n) is 1.50. The van der Waals surface area contributed by atoms with Crippen molar-refractivity contribution >= 4 is 13.3 Å². The molecule has 0 saturated heterocycles. The zero-order chi connectivity index (χ0) is 9.52. The topological polar surface area (TPSA) is 0 Å². The van der Waals surface area contributed by atoms with E-state index in [-0.39, 0.29) is 0 Å². The van der Waals surface area contributed by atoms with E-state index in [0.29, 0.717) is 0 Å². The van der Waals surface area contributed by atoms with Crippen molar-refractivity contribution in [3.63, 3.8) is 0 Å². The predicted octanol–water partition coefficient (Wildman–Crippen LogP) is 2.60. The Labute approximate surface area is 82.8 Å². The molecule has 0 aliphatic heterocycles. The van der Waals surface area contributed by atoms with Gasteiger partial charge in [-0.1, -0.05) is 61.5 Å². The van der Waals surface area contributed by atoms with Crippen molar-refractivity contribution in [2.45, 2.75) is 39.0 Å². The average Bonchev–Trinajstić information content (AvgIpc) is 2.15. The van der Waals surface area contributed by atoms with Crippen LogP contribution in [0.1, 0.15) is 38.2 Å². The molecular formula is C12H17B. The molecule has 0 heterocycles. The standard InChI is InChI=1S/C12H17B/c1-2-3-4-5-8-11-9-6-7-10-12(11)13/h6-7,9-10H,2-5,8H2,1H3. The molecule has 0 unspecified atom stereocenters. The molecule has 0 bridgehead atoms. The third-order valence-corrected chi connectivity index (χ3v) is 2.35. The quantitative estimate of drug-likeness (QED) is 0.473. The van der Waals surface area contributed by atoms with Crippen molar-refractivity contribution in [3.05, 3.63) is 29.8 Å². The summed E-state index contributed by atoms with van der Waals surface area (Å²) in [5.74, 6) is 0. The maximum absolute atomic E-state index is 5.84. The van der Waals surface area contributed by atoms with Crippen molar-refractivity contribution in [1.82, 2.24) is 0 Å². The van der Waals surface area contributed by atoms with Gasteiger partial charge in [0.2, 0.25) is 0 Å².